The molecule has 0 heterocycles. The normalized spacial score (nSPS) is 11.7. The Bertz CT molecular complexity index is 414. The molecular weight excluding hydrogens is 216 g/mol. The van der Waals surface area contributed by atoms with E-state index in [9.17, 15) is 4.79 Å². The first kappa shape index (κ1) is 13.3. The minimum Gasteiger partial charge on any atom is -0.450 e. The van der Waals surface area contributed by atoms with E-state index in [0.29, 0.717) is 0 Å². The summed E-state index contributed by atoms with van der Waals surface area (Å²) in [6.45, 7) is 6.52. The lowest BCUT2D eigenvalue weighted by Crippen LogP contribution is -2.12. The predicted octanol–water partition coefficient (Wildman–Crippen LogP) is 3.69. The Morgan fingerprint density at radius 1 is 1.35 bits per heavy atom. The molecule has 1 aromatic rings. The van der Waals surface area contributed by atoms with Crippen molar-refractivity contribution >= 4 is 12.2 Å². The van der Waals surface area contributed by atoms with Crippen LogP contribution in [0.15, 0.2) is 30.3 Å². The van der Waals surface area contributed by atoms with Crippen LogP contribution in [-0.4, -0.2) is 17.9 Å². The van der Waals surface area contributed by atoms with Crippen LogP contribution >= 0.6 is 0 Å². The molecule has 92 valence electrons. The van der Waals surface area contributed by atoms with Crippen LogP contribution in [0.4, 0.5) is 4.79 Å². The van der Waals surface area contributed by atoms with Gasteiger partial charge in [-0.3, -0.25) is 0 Å². The molecule has 17 heavy (non-hydrogen) atoms. The number of carboxylic acid groups (broad SMARTS) is 1. The smallest absolute Gasteiger partial charge is 0.450 e. The molecule has 0 fully saturated rings. The molecule has 0 atom stereocenters. The standard InChI is InChI=1S/C14H18O3/c1-14(2,3)12-9-5-4-7-11(12)8-6-10-17-13(15)16/h4-9H,10H2,1-3H3,(H,15,16)/b8-6+. The van der Waals surface area contributed by atoms with Gasteiger partial charge in [0.15, 0.2) is 0 Å². The molecule has 0 spiro atoms. The summed E-state index contributed by atoms with van der Waals surface area (Å²) in [7, 11) is 0. The van der Waals surface area contributed by atoms with E-state index in [4.69, 9.17) is 5.11 Å². The van der Waals surface area contributed by atoms with Crippen molar-refractivity contribution in [3.05, 3.63) is 41.5 Å². The van der Waals surface area contributed by atoms with Crippen LogP contribution in [0.2, 0.25) is 0 Å². The summed E-state index contributed by atoms with van der Waals surface area (Å²) < 4.78 is 4.42. The molecule has 0 bridgehead atoms. The van der Waals surface area contributed by atoms with E-state index in [-0.39, 0.29) is 12.0 Å². The van der Waals surface area contributed by atoms with Gasteiger partial charge in [0.05, 0.1) is 0 Å². The Hall–Kier alpha value is -1.77. The van der Waals surface area contributed by atoms with Crippen molar-refractivity contribution in [1.82, 2.24) is 0 Å². The predicted molar refractivity (Wildman–Crippen MR) is 68.2 cm³/mol. The third kappa shape index (κ3) is 4.31. The van der Waals surface area contributed by atoms with E-state index in [1.807, 2.05) is 24.3 Å². The van der Waals surface area contributed by atoms with E-state index in [1.165, 1.54) is 5.56 Å². The number of hydrogen-bond donors (Lipinski definition) is 1. The second-order valence-electron chi connectivity index (χ2n) is 4.82. The Balaban J connectivity index is 2.81. The molecule has 0 saturated carbocycles. The van der Waals surface area contributed by atoms with Gasteiger partial charge in [0.1, 0.15) is 6.61 Å². The van der Waals surface area contributed by atoms with Crippen LogP contribution < -0.4 is 0 Å². The molecule has 0 unspecified atom stereocenters. The van der Waals surface area contributed by atoms with Crippen molar-refractivity contribution in [1.29, 1.82) is 0 Å². The molecule has 0 saturated heterocycles. The van der Waals surface area contributed by atoms with Crippen LogP contribution in [-0.2, 0) is 10.2 Å². The van der Waals surface area contributed by atoms with Crippen molar-refractivity contribution in [2.24, 2.45) is 0 Å². The molecule has 0 aromatic heterocycles. The largest absolute Gasteiger partial charge is 0.506 e. The van der Waals surface area contributed by atoms with E-state index >= 15 is 0 Å². The van der Waals surface area contributed by atoms with Gasteiger partial charge in [-0.15, -0.1) is 0 Å². The third-order valence-corrected chi connectivity index (χ3v) is 2.37. The van der Waals surface area contributed by atoms with E-state index < -0.39 is 6.16 Å². The number of carbonyl (C=O) groups is 1. The summed E-state index contributed by atoms with van der Waals surface area (Å²) >= 11 is 0. The first-order valence-electron chi connectivity index (χ1n) is 5.53. The lowest BCUT2D eigenvalue weighted by atomic mass is 9.84. The molecule has 1 N–H and O–H groups in total. The molecule has 3 heteroatoms. The van der Waals surface area contributed by atoms with Gasteiger partial charge in [-0.05, 0) is 22.6 Å². The highest BCUT2D eigenvalue weighted by Gasteiger charge is 2.15. The summed E-state index contributed by atoms with van der Waals surface area (Å²) in [5.74, 6) is 0. The SMILES string of the molecule is CC(C)(C)c1ccccc1/C=C/COC(=O)O. The van der Waals surface area contributed by atoms with Crippen LogP contribution in [0.25, 0.3) is 6.08 Å². The molecular formula is C14H18O3. The Morgan fingerprint density at radius 2 is 2.00 bits per heavy atom. The van der Waals surface area contributed by atoms with Crippen LogP contribution in [0, 0.1) is 0 Å². The van der Waals surface area contributed by atoms with Gasteiger partial charge in [-0.1, -0.05) is 51.1 Å². The first-order valence-corrected chi connectivity index (χ1v) is 5.53. The lowest BCUT2D eigenvalue weighted by molar-refractivity contribution is 0.102. The van der Waals surface area contributed by atoms with Crippen molar-refractivity contribution < 1.29 is 14.6 Å². The molecule has 0 aliphatic carbocycles. The summed E-state index contributed by atoms with van der Waals surface area (Å²) in [6, 6.07) is 8.06. The molecule has 0 amide bonds. The maximum atomic E-state index is 10.2. The van der Waals surface area contributed by atoms with Crippen molar-refractivity contribution in [3.8, 4) is 0 Å². The molecule has 0 aliphatic rings. The van der Waals surface area contributed by atoms with Crippen molar-refractivity contribution in [2.75, 3.05) is 6.61 Å². The Labute approximate surface area is 102 Å². The topological polar surface area (TPSA) is 46.5 Å². The lowest BCUT2D eigenvalue weighted by Gasteiger charge is -2.21. The highest BCUT2D eigenvalue weighted by molar-refractivity contribution is 5.58. The zero-order valence-corrected chi connectivity index (χ0v) is 10.4. The number of rotatable bonds is 3. The number of ether oxygens (including phenoxy) is 1. The second-order valence-corrected chi connectivity index (χ2v) is 4.82. The zero-order chi connectivity index (χ0) is 12.9. The fourth-order valence-corrected chi connectivity index (χ4v) is 1.62. The van der Waals surface area contributed by atoms with Gasteiger partial charge in [-0.25, -0.2) is 4.79 Å². The average Bonchev–Trinajstić information content (AvgIpc) is 2.23. The summed E-state index contributed by atoms with van der Waals surface area (Å²) in [6.07, 6.45) is 2.35. The quantitative estimate of drug-likeness (QED) is 0.811. The third-order valence-electron chi connectivity index (χ3n) is 2.37. The van der Waals surface area contributed by atoms with Gasteiger partial charge >= 0.3 is 6.16 Å². The van der Waals surface area contributed by atoms with Gasteiger partial charge in [0.25, 0.3) is 0 Å². The van der Waals surface area contributed by atoms with Crippen LogP contribution in [0.5, 0.6) is 0 Å². The molecule has 0 aliphatic heterocycles. The molecule has 1 rings (SSSR count). The molecule has 1 aromatic carbocycles. The zero-order valence-electron chi connectivity index (χ0n) is 10.4. The maximum Gasteiger partial charge on any atom is 0.506 e. The van der Waals surface area contributed by atoms with Crippen LogP contribution in [0.1, 0.15) is 31.9 Å². The van der Waals surface area contributed by atoms with E-state index in [2.05, 4.69) is 31.6 Å². The summed E-state index contributed by atoms with van der Waals surface area (Å²) in [5, 5.41) is 8.34. The van der Waals surface area contributed by atoms with Gasteiger partial charge < -0.3 is 9.84 Å². The highest BCUT2D eigenvalue weighted by Crippen LogP contribution is 2.26. The fraction of sp³-hybridized carbons (Fsp3) is 0.357. The van der Waals surface area contributed by atoms with E-state index in [0.717, 1.165) is 5.56 Å². The van der Waals surface area contributed by atoms with Crippen LogP contribution in [0.3, 0.4) is 0 Å². The monoisotopic (exact) mass is 234 g/mol. The van der Waals surface area contributed by atoms with Crippen molar-refractivity contribution in [2.45, 2.75) is 26.2 Å². The number of benzene rings is 1. The second kappa shape index (κ2) is 5.53. The van der Waals surface area contributed by atoms with Crippen molar-refractivity contribution in [3.63, 3.8) is 0 Å². The number of hydrogen-bond acceptors (Lipinski definition) is 2. The maximum absolute atomic E-state index is 10.2. The first-order chi connectivity index (χ1) is 7.91. The molecule has 0 radical (unpaired) electrons. The van der Waals surface area contributed by atoms with E-state index in [1.54, 1.807) is 6.08 Å². The van der Waals surface area contributed by atoms with Gasteiger partial charge in [0.2, 0.25) is 0 Å². The summed E-state index contributed by atoms with van der Waals surface area (Å²) in [4.78, 5) is 10.2. The van der Waals surface area contributed by atoms with Gasteiger partial charge in [-0.2, -0.15) is 0 Å². The minimum atomic E-state index is -1.25. The fourth-order valence-electron chi connectivity index (χ4n) is 1.62. The van der Waals surface area contributed by atoms with Gasteiger partial charge in [0, 0.05) is 0 Å². The Kier molecular flexibility index (Phi) is 4.32. The highest BCUT2D eigenvalue weighted by atomic mass is 16.7. The minimum absolute atomic E-state index is 0.0641. The average molecular weight is 234 g/mol. The Morgan fingerprint density at radius 3 is 2.59 bits per heavy atom. The molecule has 3 nitrogen and oxygen atoms in total. The summed E-state index contributed by atoms with van der Waals surface area (Å²) in [5.41, 5.74) is 2.38.